The molecule has 8 nitrogen and oxygen atoms in total. The molecule has 0 saturated carbocycles. The molecule has 1 atom stereocenters. The molecule has 1 fully saturated rings. The number of ether oxygens (including phenoxy) is 3. The Kier molecular flexibility index (Phi) is 7.45. The van der Waals surface area contributed by atoms with Crippen LogP contribution in [0.15, 0.2) is 35.6 Å². The van der Waals surface area contributed by atoms with Crippen LogP contribution in [0.25, 0.3) is 0 Å². The van der Waals surface area contributed by atoms with Crippen molar-refractivity contribution in [3.8, 4) is 11.5 Å². The van der Waals surface area contributed by atoms with Gasteiger partial charge in [0.2, 0.25) is 0 Å². The number of hydrogen-bond acceptors (Lipinski definition) is 5. The Balaban J connectivity index is 1.64. The standard InChI is InChI=1S/C20H27F2N5O3/c1-4-28-17-9-14(5-6-16(17)30-19(21)22)10-24-20(23-2)27-7-8-29-18(13-27)15-11-25-26(3)12-15/h5-6,9,11-12,18-19H,4,7-8,10,13H2,1-3H3,(H,23,24). The Morgan fingerprint density at radius 1 is 1.40 bits per heavy atom. The van der Waals surface area contributed by atoms with Gasteiger partial charge in [0.1, 0.15) is 6.10 Å². The van der Waals surface area contributed by atoms with Crippen molar-refractivity contribution in [2.45, 2.75) is 26.2 Å². The summed E-state index contributed by atoms with van der Waals surface area (Å²) in [6.45, 7) is 1.63. The van der Waals surface area contributed by atoms with Gasteiger partial charge in [0.15, 0.2) is 17.5 Å². The first kappa shape index (κ1) is 21.8. The highest BCUT2D eigenvalue weighted by molar-refractivity contribution is 5.80. The number of nitrogens with zero attached hydrogens (tertiary/aromatic N) is 4. The first-order chi connectivity index (χ1) is 14.5. The Labute approximate surface area is 174 Å². The quantitative estimate of drug-likeness (QED) is 0.545. The molecule has 0 amide bonds. The fourth-order valence-corrected chi connectivity index (χ4v) is 3.29. The molecule has 0 radical (unpaired) electrons. The highest BCUT2D eigenvalue weighted by Gasteiger charge is 2.25. The summed E-state index contributed by atoms with van der Waals surface area (Å²) in [5.41, 5.74) is 1.88. The Bertz CT molecular complexity index is 859. The minimum atomic E-state index is -2.90. The number of guanidine groups is 1. The molecule has 2 heterocycles. The van der Waals surface area contributed by atoms with Crippen LogP contribution in [0.2, 0.25) is 0 Å². The third-order valence-corrected chi connectivity index (χ3v) is 4.65. The van der Waals surface area contributed by atoms with E-state index in [-0.39, 0.29) is 17.6 Å². The monoisotopic (exact) mass is 423 g/mol. The summed E-state index contributed by atoms with van der Waals surface area (Å²) in [4.78, 5) is 6.50. The Hall–Kier alpha value is -2.88. The van der Waals surface area contributed by atoms with E-state index in [1.807, 2.05) is 19.4 Å². The molecule has 10 heteroatoms. The summed E-state index contributed by atoms with van der Waals surface area (Å²) >= 11 is 0. The van der Waals surface area contributed by atoms with E-state index < -0.39 is 6.61 Å². The lowest BCUT2D eigenvalue weighted by atomic mass is 10.1. The van der Waals surface area contributed by atoms with Gasteiger partial charge in [-0.05, 0) is 24.6 Å². The van der Waals surface area contributed by atoms with Gasteiger partial charge < -0.3 is 24.4 Å². The molecule has 1 saturated heterocycles. The molecule has 164 valence electrons. The van der Waals surface area contributed by atoms with E-state index in [2.05, 4.69) is 25.0 Å². The van der Waals surface area contributed by atoms with Crippen molar-refractivity contribution in [2.75, 3.05) is 33.4 Å². The van der Waals surface area contributed by atoms with E-state index in [0.29, 0.717) is 32.8 Å². The number of aromatic nitrogens is 2. The topological polar surface area (TPSA) is 73.1 Å². The average Bonchev–Trinajstić information content (AvgIpc) is 3.17. The molecular formula is C20H27F2N5O3. The third-order valence-electron chi connectivity index (χ3n) is 4.65. The van der Waals surface area contributed by atoms with Gasteiger partial charge in [-0.1, -0.05) is 6.07 Å². The molecule has 1 N–H and O–H groups in total. The highest BCUT2D eigenvalue weighted by Crippen LogP contribution is 2.30. The second kappa shape index (κ2) is 10.2. The van der Waals surface area contributed by atoms with Crippen LogP contribution in [0, 0.1) is 0 Å². The fourth-order valence-electron chi connectivity index (χ4n) is 3.29. The zero-order valence-electron chi connectivity index (χ0n) is 17.3. The maximum absolute atomic E-state index is 12.6. The molecule has 1 aromatic heterocycles. The largest absolute Gasteiger partial charge is 0.490 e. The van der Waals surface area contributed by atoms with Gasteiger partial charge in [-0.3, -0.25) is 9.67 Å². The maximum atomic E-state index is 12.6. The number of alkyl halides is 2. The number of benzene rings is 1. The smallest absolute Gasteiger partial charge is 0.387 e. The fraction of sp³-hybridized carbons (Fsp3) is 0.500. The van der Waals surface area contributed by atoms with Gasteiger partial charge in [-0.2, -0.15) is 13.9 Å². The molecule has 1 aliphatic heterocycles. The third kappa shape index (κ3) is 5.59. The Morgan fingerprint density at radius 2 is 2.23 bits per heavy atom. The normalized spacial score (nSPS) is 17.3. The second-order valence-electron chi connectivity index (χ2n) is 6.75. The van der Waals surface area contributed by atoms with Crippen molar-refractivity contribution < 1.29 is 23.0 Å². The first-order valence-electron chi connectivity index (χ1n) is 9.76. The van der Waals surface area contributed by atoms with Crippen molar-refractivity contribution in [3.63, 3.8) is 0 Å². The van der Waals surface area contributed by atoms with Crippen LogP contribution in [0.4, 0.5) is 8.78 Å². The van der Waals surface area contributed by atoms with Gasteiger partial charge in [0.05, 0.1) is 26.0 Å². The predicted octanol–water partition coefficient (Wildman–Crippen LogP) is 2.57. The van der Waals surface area contributed by atoms with Crippen molar-refractivity contribution >= 4 is 5.96 Å². The SMILES string of the molecule is CCOc1cc(CNC(=NC)N2CCOC(c3cnn(C)c3)C2)ccc1OC(F)F. The molecule has 3 rings (SSSR count). The number of aryl methyl sites for hydroxylation is 1. The van der Waals surface area contributed by atoms with Crippen LogP contribution in [0.1, 0.15) is 24.2 Å². The predicted molar refractivity (Wildman–Crippen MR) is 108 cm³/mol. The van der Waals surface area contributed by atoms with Gasteiger partial charge in [0.25, 0.3) is 0 Å². The minimum absolute atomic E-state index is 0.0208. The van der Waals surface area contributed by atoms with Gasteiger partial charge in [0, 0.05) is 38.9 Å². The van der Waals surface area contributed by atoms with Crippen LogP contribution >= 0.6 is 0 Å². The van der Waals surface area contributed by atoms with Crippen molar-refractivity contribution in [3.05, 3.63) is 41.7 Å². The molecule has 0 aliphatic carbocycles. The molecular weight excluding hydrogens is 396 g/mol. The van der Waals surface area contributed by atoms with E-state index in [1.54, 1.807) is 30.8 Å². The summed E-state index contributed by atoms with van der Waals surface area (Å²) in [6.07, 6.45) is 3.67. The van der Waals surface area contributed by atoms with Gasteiger partial charge in [-0.25, -0.2) is 0 Å². The molecule has 30 heavy (non-hydrogen) atoms. The molecule has 0 bridgehead atoms. The molecule has 1 aliphatic rings. The summed E-state index contributed by atoms with van der Waals surface area (Å²) < 4.78 is 42.7. The highest BCUT2D eigenvalue weighted by atomic mass is 19.3. The molecule has 0 spiro atoms. The number of aliphatic imine (C=N–C) groups is 1. The van der Waals surface area contributed by atoms with Gasteiger partial charge >= 0.3 is 6.61 Å². The Morgan fingerprint density at radius 3 is 2.90 bits per heavy atom. The van der Waals surface area contributed by atoms with Crippen LogP contribution in [-0.4, -0.2) is 60.6 Å². The van der Waals surface area contributed by atoms with Gasteiger partial charge in [-0.15, -0.1) is 0 Å². The number of hydrogen-bond donors (Lipinski definition) is 1. The number of nitrogens with one attached hydrogen (secondary N) is 1. The minimum Gasteiger partial charge on any atom is -0.490 e. The molecule has 2 aromatic rings. The lowest BCUT2D eigenvalue weighted by Gasteiger charge is -2.34. The van der Waals surface area contributed by atoms with Crippen LogP contribution in [-0.2, 0) is 18.3 Å². The second-order valence-corrected chi connectivity index (χ2v) is 6.75. The van der Waals surface area contributed by atoms with Crippen molar-refractivity contribution in [1.29, 1.82) is 0 Å². The van der Waals surface area contributed by atoms with Crippen LogP contribution in [0.3, 0.4) is 0 Å². The summed E-state index contributed by atoms with van der Waals surface area (Å²) in [6, 6.07) is 4.90. The summed E-state index contributed by atoms with van der Waals surface area (Å²) in [5.74, 6) is 1.04. The van der Waals surface area contributed by atoms with E-state index >= 15 is 0 Å². The zero-order valence-corrected chi connectivity index (χ0v) is 17.3. The van der Waals surface area contributed by atoms with Crippen LogP contribution in [0.5, 0.6) is 11.5 Å². The lowest BCUT2D eigenvalue weighted by molar-refractivity contribution is -0.0514. The lowest BCUT2D eigenvalue weighted by Crippen LogP contribution is -2.47. The van der Waals surface area contributed by atoms with E-state index in [0.717, 1.165) is 17.1 Å². The average molecular weight is 423 g/mol. The summed E-state index contributed by atoms with van der Waals surface area (Å²) in [7, 11) is 3.60. The molecule has 1 unspecified atom stereocenters. The van der Waals surface area contributed by atoms with Crippen molar-refractivity contribution in [1.82, 2.24) is 20.0 Å². The van der Waals surface area contributed by atoms with Crippen molar-refractivity contribution in [2.24, 2.45) is 12.0 Å². The number of halogens is 2. The summed E-state index contributed by atoms with van der Waals surface area (Å²) in [5, 5.41) is 7.53. The van der Waals surface area contributed by atoms with E-state index in [9.17, 15) is 8.78 Å². The van der Waals surface area contributed by atoms with E-state index in [4.69, 9.17) is 9.47 Å². The zero-order chi connectivity index (χ0) is 21.5. The van der Waals surface area contributed by atoms with Crippen LogP contribution < -0.4 is 14.8 Å². The first-order valence-corrected chi connectivity index (χ1v) is 9.76. The number of rotatable bonds is 7. The molecule has 1 aromatic carbocycles. The number of morpholine rings is 1. The maximum Gasteiger partial charge on any atom is 0.387 e. The van der Waals surface area contributed by atoms with E-state index in [1.165, 1.54) is 6.07 Å².